The van der Waals surface area contributed by atoms with Gasteiger partial charge in [-0.2, -0.15) is 0 Å². The van der Waals surface area contributed by atoms with Gasteiger partial charge in [0.05, 0.1) is 5.56 Å². The average Bonchev–Trinajstić information content (AvgIpc) is 2.74. The van der Waals surface area contributed by atoms with Crippen molar-refractivity contribution in [3.05, 3.63) is 52.4 Å². The highest BCUT2D eigenvalue weighted by Crippen LogP contribution is 2.44. The molecule has 2 rings (SSSR count). The van der Waals surface area contributed by atoms with Gasteiger partial charge in [0.1, 0.15) is 0 Å². The molecule has 2 aromatic rings. The quantitative estimate of drug-likeness (QED) is 0.127. The maximum absolute atomic E-state index is 14.7. The van der Waals surface area contributed by atoms with Crippen LogP contribution in [0.25, 0.3) is 11.1 Å². The lowest BCUT2D eigenvalue weighted by Crippen LogP contribution is -2.21. The molecule has 0 N–H and O–H groups in total. The standard InChI is InChI=1S/C20H18F9P/c1-3-5-6-7-8-30(4-2)20-10(13(23)16(26)18(28)19(20)29)9-11(21)14(24)17(27)15(25)12(9)22/h3-8H2,1-2H3. The first kappa shape index (κ1) is 24.5. The summed E-state index contributed by atoms with van der Waals surface area (Å²) in [5, 5.41) is -0.886. The molecular formula is C20H18F9P. The first-order chi connectivity index (χ1) is 14.1. The second-order valence-corrected chi connectivity index (χ2v) is 9.17. The first-order valence-corrected chi connectivity index (χ1v) is 10.9. The molecule has 0 fully saturated rings. The molecule has 0 aliphatic rings. The van der Waals surface area contributed by atoms with Gasteiger partial charge in [0.2, 0.25) is 5.82 Å². The Bertz CT molecular complexity index is 914. The summed E-state index contributed by atoms with van der Waals surface area (Å²) in [4.78, 5) is 0. The van der Waals surface area contributed by atoms with E-state index in [-0.39, 0.29) is 12.3 Å². The van der Waals surface area contributed by atoms with Gasteiger partial charge in [0.15, 0.2) is 46.5 Å². The minimum Gasteiger partial charge on any atom is -0.203 e. The van der Waals surface area contributed by atoms with Crippen molar-refractivity contribution in [1.82, 2.24) is 0 Å². The van der Waals surface area contributed by atoms with Crippen LogP contribution in [0.2, 0.25) is 0 Å². The molecule has 166 valence electrons. The summed E-state index contributed by atoms with van der Waals surface area (Å²) >= 11 is 0. The molecule has 0 aromatic heterocycles. The molecular weight excluding hydrogens is 442 g/mol. The first-order valence-electron chi connectivity index (χ1n) is 9.22. The summed E-state index contributed by atoms with van der Waals surface area (Å²) in [6.45, 7) is 3.45. The Kier molecular flexibility index (Phi) is 8.20. The molecule has 0 spiro atoms. The third kappa shape index (κ3) is 4.32. The van der Waals surface area contributed by atoms with E-state index in [0.717, 1.165) is 12.8 Å². The third-order valence-electron chi connectivity index (χ3n) is 4.68. The van der Waals surface area contributed by atoms with Crippen molar-refractivity contribution in [2.45, 2.75) is 39.5 Å². The van der Waals surface area contributed by atoms with E-state index in [1.54, 1.807) is 0 Å². The zero-order chi connectivity index (χ0) is 22.7. The van der Waals surface area contributed by atoms with Crippen LogP contribution in [0.5, 0.6) is 0 Å². The van der Waals surface area contributed by atoms with E-state index >= 15 is 0 Å². The SMILES string of the molecule is CCCCCCP(CC)c1c(F)c(F)c(F)c(F)c1-c1c(F)c(F)c(F)c(F)c1F. The summed E-state index contributed by atoms with van der Waals surface area (Å²) in [6.07, 6.45) is 3.09. The minimum absolute atomic E-state index is 0.0886. The molecule has 0 amide bonds. The number of unbranched alkanes of at least 4 members (excludes halogenated alkanes) is 3. The Morgan fingerprint density at radius 2 is 0.933 bits per heavy atom. The van der Waals surface area contributed by atoms with Crippen molar-refractivity contribution < 1.29 is 39.5 Å². The Morgan fingerprint density at radius 1 is 0.500 bits per heavy atom. The lowest BCUT2D eigenvalue weighted by molar-refractivity contribution is 0.379. The lowest BCUT2D eigenvalue weighted by Gasteiger charge is -2.23. The molecule has 1 atom stereocenters. The molecule has 0 aliphatic heterocycles. The van der Waals surface area contributed by atoms with E-state index in [1.807, 2.05) is 6.92 Å². The van der Waals surface area contributed by atoms with Gasteiger partial charge in [-0.1, -0.05) is 41.0 Å². The van der Waals surface area contributed by atoms with E-state index in [9.17, 15) is 39.5 Å². The summed E-state index contributed by atoms with van der Waals surface area (Å²) in [7, 11) is -1.83. The van der Waals surface area contributed by atoms with Gasteiger partial charge in [-0.05, 0) is 18.7 Å². The number of rotatable bonds is 8. The fraction of sp³-hybridized carbons (Fsp3) is 0.400. The molecule has 30 heavy (non-hydrogen) atoms. The number of halogens is 9. The van der Waals surface area contributed by atoms with E-state index < -0.39 is 76.7 Å². The van der Waals surface area contributed by atoms with E-state index in [1.165, 1.54) is 6.92 Å². The Balaban J connectivity index is 2.84. The summed E-state index contributed by atoms with van der Waals surface area (Å²) in [5.41, 5.74) is -3.28. The van der Waals surface area contributed by atoms with Crippen LogP contribution in [0.15, 0.2) is 0 Å². The van der Waals surface area contributed by atoms with Gasteiger partial charge in [0.25, 0.3) is 0 Å². The van der Waals surface area contributed by atoms with Crippen molar-refractivity contribution in [2.24, 2.45) is 0 Å². The highest BCUT2D eigenvalue weighted by Gasteiger charge is 2.35. The smallest absolute Gasteiger partial charge is 0.200 e. The Morgan fingerprint density at radius 3 is 1.40 bits per heavy atom. The van der Waals surface area contributed by atoms with E-state index in [0.29, 0.717) is 12.8 Å². The third-order valence-corrected chi connectivity index (χ3v) is 7.35. The van der Waals surface area contributed by atoms with Crippen molar-refractivity contribution in [3.8, 4) is 11.1 Å². The molecule has 0 heterocycles. The minimum atomic E-state index is -2.50. The fourth-order valence-electron chi connectivity index (χ4n) is 3.13. The summed E-state index contributed by atoms with van der Waals surface area (Å²) < 4.78 is 126. The van der Waals surface area contributed by atoms with Crippen LogP contribution in [-0.2, 0) is 0 Å². The summed E-state index contributed by atoms with van der Waals surface area (Å²) in [6, 6.07) is 0. The van der Waals surface area contributed by atoms with Crippen LogP contribution >= 0.6 is 7.92 Å². The van der Waals surface area contributed by atoms with Crippen LogP contribution in [0.1, 0.15) is 39.5 Å². The van der Waals surface area contributed by atoms with Crippen LogP contribution in [-0.4, -0.2) is 12.3 Å². The molecule has 0 saturated heterocycles. The maximum Gasteiger partial charge on any atom is 0.200 e. The Labute approximate surface area is 168 Å². The molecule has 10 heteroatoms. The van der Waals surface area contributed by atoms with E-state index in [2.05, 4.69) is 0 Å². The van der Waals surface area contributed by atoms with Crippen molar-refractivity contribution >= 4 is 13.2 Å². The molecule has 0 bridgehead atoms. The summed E-state index contributed by atoms with van der Waals surface area (Å²) in [5.74, 6) is -20.9. The number of benzene rings is 2. The lowest BCUT2D eigenvalue weighted by atomic mass is 10.0. The normalized spacial score (nSPS) is 12.5. The molecule has 0 aliphatic carbocycles. The molecule has 0 saturated carbocycles. The van der Waals surface area contributed by atoms with Crippen LogP contribution in [0.4, 0.5) is 39.5 Å². The zero-order valence-electron chi connectivity index (χ0n) is 16.1. The van der Waals surface area contributed by atoms with Crippen LogP contribution in [0, 0.1) is 52.4 Å². The topological polar surface area (TPSA) is 0 Å². The Hall–Kier alpha value is -1.76. The average molecular weight is 460 g/mol. The largest absolute Gasteiger partial charge is 0.203 e. The van der Waals surface area contributed by atoms with Gasteiger partial charge in [-0.15, -0.1) is 0 Å². The van der Waals surface area contributed by atoms with Crippen molar-refractivity contribution in [2.75, 3.05) is 12.3 Å². The van der Waals surface area contributed by atoms with Crippen molar-refractivity contribution in [1.29, 1.82) is 0 Å². The van der Waals surface area contributed by atoms with E-state index in [4.69, 9.17) is 0 Å². The van der Waals surface area contributed by atoms with Gasteiger partial charge in [-0.3, -0.25) is 0 Å². The van der Waals surface area contributed by atoms with Crippen LogP contribution < -0.4 is 5.30 Å². The van der Waals surface area contributed by atoms with Gasteiger partial charge >= 0.3 is 0 Å². The second kappa shape index (κ2) is 10.0. The monoisotopic (exact) mass is 460 g/mol. The predicted octanol–water partition coefficient (Wildman–Crippen LogP) is 7.31. The predicted molar refractivity (Wildman–Crippen MR) is 97.6 cm³/mol. The van der Waals surface area contributed by atoms with Gasteiger partial charge in [0, 0.05) is 10.9 Å². The van der Waals surface area contributed by atoms with Gasteiger partial charge < -0.3 is 0 Å². The molecule has 1 unspecified atom stereocenters. The second-order valence-electron chi connectivity index (χ2n) is 6.56. The van der Waals surface area contributed by atoms with Gasteiger partial charge in [-0.25, -0.2) is 39.5 Å². The number of hydrogen-bond acceptors (Lipinski definition) is 0. The zero-order valence-corrected chi connectivity index (χ0v) is 17.0. The van der Waals surface area contributed by atoms with Crippen molar-refractivity contribution in [3.63, 3.8) is 0 Å². The molecule has 0 nitrogen and oxygen atoms in total. The fourth-order valence-corrected chi connectivity index (χ4v) is 5.49. The molecule has 0 radical (unpaired) electrons. The van der Waals surface area contributed by atoms with Crippen LogP contribution in [0.3, 0.4) is 0 Å². The number of hydrogen-bond donors (Lipinski definition) is 0. The highest BCUT2D eigenvalue weighted by molar-refractivity contribution is 7.65. The highest BCUT2D eigenvalue weighted by atomic mass is 31.1. The molecule has 2 aromatic carbocycles. The maximum atomic E-state index is 14.7.